The largest absolute Gasteiger partial charge is 0.480 e. The Morgan fingerprint density at radius 3 is 2.61 bits per heavy atom. The first-order chi connectivity index (χ1) is 8.40. The summed E-state index contributed by atoms with van der Waals surface area (Å²) < 4.78 is 12.8. The van der Waals surface area contributed by atoms with Gasteiger partial charge in [0.1, 0.15) is 5.82 Å². The van der Waals surface area contributed by atoms with Crippen LogP contribution in [0.1, 0.15) is 6.92 Å². The van der Waals surface area contributed by atoms with Crippen LogP contribution in [-0.2, 0) is 4.79 Å². The average molecular weight is 257 g/mol. The number of aliphatic hydroxyl groups excluding tert-OH is 1. The van der Waals surface area contributed by atoms with Gasteiger partial charge in [-0.1, -0.05) is 0 Å². The SMILES string of the molecule is CC(O)C(NC(=O)Nc1cncc(F)c1)C(=O)O. The minimum atomic E-state index is -1.45. The molecule has 2 amide bonds. The first-order valence-electron chi connectivity index (χ1n) is 4.99. The number of aromatic nitrogens is 1. The van der Waals surface area contributed by atoms with Crippen LogP contribution in [0.25, 0.3) is 0 Å². The number of urea groups is 1. The highest BCUT2D eigenvalue weighted by Gasteiger charge is 2.24. The number of nitrogens with one attached hydrogen (secondary N) is 2. The van der Waals surface area contributed by atoms with Gasteiger partial charge in [0.2, 0.25) is 0 Å². The molecule has 8 heteroatoms. The van der Waals surface area contributed by atoms with Crippen LogP contribution in [-0.4, -0.2) is 39.3 Å². The van der Waals surface area contributed by atoms with Crippen LogP contribution in [0.4, 0.5) is 14.9 Å². The summed E-state index contributed by atoms with van der Waals surface area (Å²) >= 11 is 0. The summed E-state index contributed by atoms with van der Waals surface area (Å²) in [7, 11) is 0. The molecule has 0 radical (unpaired) electrons. The molecule has 1 rings (SSSR count). The molecule has 0 aliphatic carbocycles. The molecule has 1 heterocycles. The minimum Gasteiger partial charge on any atom is -0.480 e. The number of hydrogen-bond acceptors (Lipinski definition) is 4. The van der Waals surface area contributed by atoms with Crippen molar-refractivity contribution >= 4 is 17.7 Å². The van der Waals surface area contributed by atoms with Gasteiger partial charge in [0.25, 0.3) is 0 Å². The number of aliphatic carboxylic acids is 1. The Morgan fingerprint density at radius 1 is 1.44 bits per heavy atom. The zero-order valence-corrected chi connectivity index (χ0v) is 9.42. The average Bonchev–Trinajstić information content (AvgIpc) is 2.25. The topological polar surface area (TPSA) is 112 Å². The Morgan fingerprint density at radius 2 is 2.11 bits per heavy atom. The third-order valence-electron chi connectivity index (χ3n) is 2.00. The smallest absolute Gasteiger partial charge is 0.328 e. The van der Waals surface area contributed by atoms with Gasteiger partial charge in [0.15, 0.2) is 6.04 Å². The molecule has 0 saturated heterocycles. The summed E-state index contributed by atoms with van der Waals surface area (Å²) in [4.78, 5) is 25.6. The molecule has 0 fully saturated rings. The standard InChI is InChI=1S/C10H12FN3O4/c1-5(15)8(9(16)17)14-10(18)13-7-2-6(11)3-12-4-7/h2-5,8,15H,1H3,(H,16,17)(H2,13,14,18). The van der Waals surface area contributed by atoms with Gasteiger partial charge < -0.3 is 20.8 Å². The Balaban J connectivity index is 2.63. The van der Waals surface area contributed by atoms with Gasteiger partial charge in [0.05, 0.1) is 24.2 Å². The lowest BCUT2D eigenvalue weighted by Crippen LogP contribution is -2.49. The second kappa shape index (κ2) is 5.92. The fourth-order valence-electron chi connectivity index (χ4n) is 1.18. The summed E-state index contributed by atoms with van der Waals surface area (Å²) in [6, 6.07) is -1.31. The first kappa shape index (κ1) is 13.8. The van der Waals surface area contributed by atoms with Gasteiger partial charge >= 0.3 is 12.0 Å². The van der Waals surface area contributed by atoms with Crippen molar-refractivity contribution in [1.29, 1.82) is 0 Å². The van der Waals surface area contributed by atoms with Crippen molar-refractivity contribution in [2.24, 2.45) is 0 Å². The van der Waals surface area contributed by atoms with Crippen LogP contribution in [0, 0.1) is 5.82 Å². The van der Waals surface area contributed by atoms with Crippen molar-refractivity contribution < 1.29 is 24.2 Å². The second-order valence-corrected chi connectivity index (χ2v) is 3.55. The minimum absolute atomic E-state index is 0.0715. The van der Waals surface area contributed by atoms with E-state index in [1.807, 2.05) is 5.32 Å². The molecule has 0 aromatic carbocycles. The maximum Gasteiger partial charge on any atom is 0.328 e. The number of anilines is 1. The van der Waals surface area contributed by atoms with Gasteiger partial charge in [-0.25, -0.2) is 14.0 Å². The molecule has 2 unspecified atom stereocenters. The number of amides is 2. The van der Waals surface area contributed by atoms with E-state index in [0.717, 1.165) is 12.3 Å². The number of carbonyl (C=O) groups excluding carboxylic acids is 1. The van der Waals surface area contributed by atoms with E-state index in [2.05, 4.69) is 10.3 Å². The number of halogens is 1. The zero-order chi connectivity index (χ0) is 13.7. The fourth-order valence-corrected chi connectivity index (χ4v) is 1.18. The monoisotopic (exact) mass is 257 g/mol. The molecule has 2 atom stereocenters. The van der Waals surface area contributed by atoms with Crippen LogP contribution in [0.5, 0.6) is 0 Å². The highest BCUT2D eigenvalue weighted by Crippen LogP contribution is 2.06. The summed E-state index contributed by atoms with van der Waals surface area (Å²) in [5.41, 5.74) is 0.0715. The van der Waals surface area contributed by atoms with Crippen LogP contribution in [0.2, 0.25) is 0 Å². The van der Waals surface area contributed by atoms with Gasteiger partial charge in [-0.15, -0.1) is 0 Å². The van der Waals surface area contributed by atoms with E-state index < -0.39 is 30.0 Å². The number of pyridine rings is 1. The van der Waals surface area contributed by atoms with E-state index >= 15 is 0 Å². The summed E-state index contributed by atoms with van der Waals surface area (Å²) in [5.74, 6) is -2.02. The maximum absolute atomic E-state index is 12.8. The van der Waals surface area contributed by atoms with E-state index in [1.54, 1.807) is 0 Å². The van der Waals surface area contributed by atoms with Crippen molar-refractivity contribution in [3.63, 3.8) is 0 Å². The van der Waals surface area contributed by atoms with Crippen LogP contribution in [0.3, 0.4) is 0 Å². The molecule has 0 saturated carbocycles. The molecule has 7 nitrogen and oxygen atoms in total. The Labute approximate surface area is 102 Å². The summed E-state index contributed by atoms with van der Waals surface area (Å²) in [6.07, 6.45) is 0.888. The van der Waals surface area contributed by atoms with Crippen LogP contribution >= 0.6 is 0 Å². The van der Waals surface area contributed by atoms with Gasteiger partial charge in [-0.05, 0) is 6.92 Å². The quantitative estimate of drug-likeness (QED) is 0.614. The number of carbonyl (C=O) groups is 2. The maximum atomic E-state index is 12.8. The van der Waals surface area contributed by atoms with E-state index in [4.69, 9.17) is 10.2 Å². The molecule has 0 bridgehead atoms. The predicted octanol–water partition coefficient (Wildman–Crippen LogP) is 0.176. The van der Waals surface area contributed by atoms with Gasteiger partial charge in [0, 0.05) is 6.07 Å². The normalized spacial score (nSPS) is 13.5. The third-order valence-corrected chi connectivity index (χ3v) is 2.00. The molecule has 98 valence electrons. The summed E-state index contributed by atoms with van der Waals surface area (Å²) in [6.45, 7) is 1.23. The number of nitrogens with zero attached hydrogens (tertiary/aromatic N) is 1. The molecule has 18 heavy (non-hydrogen) atoms. The molecule has 4 N–H and O–H groups in total. The molecular formula is C10H12FN3O4. The van der Waals surface area contributed by atoms with E-state index in [-0.39, 0.29) is 5.69 Å². The fraction of sp³-hybridized carbons (Fsp3) is 0.300. The van der Waals surface area contributed by atoms with E-state index in [0.29, 0.717) is 0 Å². The lowest BCUT2D eigenvalue weighted by atomic mass is 10.2. The first-order valence-corrected chi connectivity index (χ1v) is 4.99. The van der Waals surface area contributed by atoms with Gasteiger partial charge in [-0.3, -0.25) is 4.98 Å². The molecular weight excluding hydrogens is 245 g/mol. The third kappa shape index (κ3) is 3.98. The molecule has 0 aliphatic heterocycles. The van der Waals surface area contributed by atoms with Crippen molar-refractivity contribution in [2.75, 3.05) is 5.32 Å². The van der Waals surface area contributed by atoms with E-state index in [1.165, 1.54) is 13.1 Å². The second-order valence-electron chi connectivity index (χ2n) is 3.55. The Bertz CT molecular complexity index is 453. The zero-order valence-electron chi connectivity index (χ0n) is 9.42. The van der Waals surface area contributed by atoms with Crippen molar-refractivity contribution in [2.45, 2.75) is 19.1 Å². The highest BCUT2D eigenvalue weighted by atomic mass is 19.1. The predicted molar refractivity (Wildman–Crippen MR) is 59.5 cm³/mol. The molecule has 1 aromatic rings. The molecule has 1 aromatic heterocycles. The van der Waals surface area contributed by atoms with Crippen molar-refractivity contribution in [1.82, 2.24) is 10.3 Å². The number of hydrogen-bond donors (Lipinski definition) is 4. The number of carboxylic acids is 1. The van der Waals surface area contributed by atoms with Crippen LogP contribution in [0.15, 0.2) is 18.5 Å². The lowest BCUT2D eigenvalue weighted by Gasteiger charge is -2.17. The lowest BCUT2D eigenvalue weighted by molar-refractivity contribution is -0.141. The molecule has 0 spiro atoms. The number of aliphatic hydroxyl groups is 1. The van der Waals surface area contributed by atoms with Crippen molar-refractivity contribution in [3.8, 4) is 0 Å². The van der Waals surface area contributed by atoms with Crippen LogP contribution < -0.4 is 10.6 Å². The Hall–Kier alpha value is -2.22. The van der Waals surface area contributed by atoms with Gasteiger partial charge in [-0.2, -0.15) is 0 Å². The summed E-state index contributed by atoms with van der Waals surface area (Å²) in [5, 5.41) is 22.1. The number of rotatable bonds is 4. The Kier molecular flexibility index (Phi) is 4.55. The molecule has 0 aliphatic rings. The van der Waals surface area contributed by atoms with Crippen molar-refractivity contribution in [3.05, 3.63) is 24.3 Å². The highest BCUT2D eigenvalue weighted by molar-refractivity contribution is 5.92. The van der Waals surface area contributed by atoms with E-state index in [9.17, 15) is 14.0 Å². The number of carboxylic acid groups (broad SMARTS) is 1.